The van der Waals surface area contributed by atoms with Crippen LogP contribution in [-0.4, -0.2) is 11.7 Å². The normalized spacial score (nSPS) is 10.6. The Morgan fingerprint density at radius 1 is 1.00 bits per heavy atom. The van der Waals surface area contributed by atoms with Crippen molar-refractivity contribution in [3.63, 3.8) is 0 Å². The molecular weight excluding hydrogens is 200 g/mol. The van der Waals surface area contributed by atoms with E-state index in [1.165, 1.54) is 0 Å². The van der Waals surface area contributed by atoms with E-state index in [1.54, 1.807) is 0 Å². The van der Waals surface area contributed by atoms with Crippen molar-refractivity contribution < 1.29 is 22.7 Å². The summed E-state index contributed by atoms with van der Waals surface area (Å²) in [6.45, 7) is -0.295. The molecule has 1 nitrogen and oxygen atoms in total. The average Bonchev–Trinajstić information content (AvgIpc) is 2.15. The van der Waals surface area contributed by atoms with Gasteiger partial charge in [0, 0.05) is 18.2 Å². The molecule has 0 aliphatic carbocycles. The van der Waals surface area contributed by atoms with Crippen molar-refractivity contribution in [2.45, 2.75) is 12.8 Å². The van der Waals surface area contributed by atoms with Crippen LogP contribution in [0.15, 0.2) is 6.07 Å². The Kier molecular flexibility index (Phi) is 3.46. The highest BCUT2D eigenvalue weighted by atomic mass is 19.2. The zero-order valence-corrected chi connectivity index (χ0v) is 7.16. The molecule has 0 aliphatic heterocycles. The van der Waals surface area contributed by atoms with Gasteiger partial charge in [0.05, 0.1) is 0 Å². The van der Waals surface area contributed by atoms with Gasteiger partial charge >= 0.3 is 0 Å². The van der Waals surface area contributed by atoms with Gasteiger partial charge in [-0.3, -0.25) is 0 Å². The summed E-state index contributed by atoms with van der Waals surface area (Å²) in [6.07, 6.45) is -0.181. The molecule has 0 radical (unpaired) electrons. The number of rotatable bonds is 3. The van der Waals surface area contributed by atoms with Crippen LogP contribution < -0.4 is 0 Å². The standard InChI is InChI=1S/C9H8F4O/c10-6-4-7(11)9(13)5(8(6)12)2-1-3-14/h4,14H,1-3H2. The Morgan fingerprint density at radius 3 is 1.93 bits per heavy atom. The molecule has 0 heterocycles. The third-order valence-electron chi connectivity index (χ3n) is 1.79. The molecule has 0 fully saturated rings. The van der Waals surface area contributed by atoms with Gasteiger partial charge in [0.25, 0.3) is 0 Å². The highest BCUT2D eigenvalue weighted by Crippen LogP contribution is 2.20. The van der Waals surface area contributed by atoms with Gasteiger partial charge in [-0.2, -0.15) is 0 Å². The largest absolute Gasteiger partial charge is 0.396 e. The van der Waals surface area contributed by atoms with Gasteiger partial charge in [-0.1, -0.05) is 0 Å². The van der Waals surface area contributed by atoms with E-state index < -0.39 is 28.8 Å². The average molecular weight is 208 g/mol. The van der Waals surface area contributed by atoms with Crippen molar-refractivity contribution in [1.82, 2.24) is 0 Å². The van der Waals surface area contributed by atoms with Crippen molar-refractivity contribution in [2.24, 2.45) is 0 Å². The van der Waals surface area contributed by atoms with Crippen LogP contribution in [0.1, 0.15) is 12.0 Å². The molecule has 0 atom stereocenters. The molecule has 0 saturated heterocycles. The first-order valence-electron chi connectivity index (χ1n) is 4.00. The predicted octanol–water partition coefficient (Wildman–Crippen LogP) is 2.17. The Labute approximate surface area is 78.0 Å². The Balaban J connectivity index is 3.11. The van der Waals surface area contributed by atoms with Crippen LogP contribution in [-0.2, 0) is 6.42 Å². The zero-order chi connectivity index (χ0) is 10.7. The smallest absolute Gasteiger partial charge is 0.165 e. The van der Waals surface area contributed by atoms with Crippen LogP contribution in [0, 0.1) is 23.3 Å². The van der Waals surface area contributed by atoms with Crippen molar-refractivity contribution in [2.75, 3.05) is 6.61 Å². The monoisotopic (exact) mass is 208 g/mol. The Bertz CT molecular complexity index is 312. The SMILES string of the molecule is OCCCc1c(F)c(F)cc(F)c1F. The summed E-state index contributed by atoms with van der Waals surface area (Å²) in [4.78, 5) is 0. The molecule has 0 bridgehead atoms. The van der Waals surface area contributed by atoms with Gasteiger partial charge < -0.3 is 5.11 Å². The van der Waals surface area contributed by atoms with Crippen LogP contribution >= 0.6 is 0 Å². The highest BCUT2D eigenvalue weighted by molar-refractivity contribution is 5.22. The van der Waals surface area contributed by atoms with E-state index in [0.29, 0.717) is 0 Å². The first kappa shape index (κ1) is 11.0. The van der Waals surface area contributed by atoms with E-state index in [-0.39, 0.29) is 25.5 Å². The number of aliphatic hydroxyl groups is 1. The fourth-order valence-electron chi connectivity index (χ4n) is 1.10. The maximum absolute atomic E-state index is 12.9. The van der Waals surface area contributed by atoms with Crippen molar-refractivity contribution >= 4 is 0 Å². The van der Waals surface area contributed by atoms with Crippen LogP contribution in [0.3, 0.4) is 0 Å². The van der Waals surface area contributed by atoms with Gasteiger partial charge in [0.15, 0.2) is 23.3 Å². The summed E-state index contributed by atoms with van der Waals surface area (Å²) in [5.41, 5.74) is -0.656. The summed E-state index contributed by atoms with van der Waals surface area (Å²) in [7, 11) is 0. The second kappa shape index (κ2) is 4.41. The van der Waals surface area contributed by atoms with Gasteiger partial charge in [0.2, 0.25) is 0 Å². The number of halogens is 4. The highest BCUT2D eigenvalue weighted by Gasteiger charge is 2.18. The summed E-state index contributed by atoms with van der Waals surface area (Å²) < 4.78 is 51.0. The maximum atomic E-state index is 12.9. The lowest BCUT2D eigenvalue weighted by molar-refractivity contribution is 0.286. The lowest BCUT2D eigenvalue weighted by Gasteiger charge is -2.05. The summed E-state index contributed by atoms with van der Waals surface area (Å²) in [6, 6.07) is 0.160. The maximum Gasteiger partial charge on any atom is 0.165 e. The molecule has 0 aliphatic rings. The van der Waals surface area contributed by atoms with Crippen molar-refractivity contribution in [3.05, 3.63) is 34.9 Å². The molecule has 0 spiro atoms. The minimum Gasteiger partial charge on any atom is -0.396 e. The number of aliphatic hydroxyl groups excluding tert-OH is 1. The van der Waals surface area contributed by atoms with Crippen molar-refractivity contribution in [1.29, 1.82) is 0 Å². The van der Waals surface area contributed by atoms with E-state index >= 15 is 0 Å². The molecule has 0 saturated carbocycles. The topological polar surface area (TPSA) is 20.2 Å². The number of benzene rings is 1. The first-order valence-corrected chi connectivity index (χ1v) is 4.00. The van der Waals surface area contributed by atoms with E-state index in [0.717, 1.165) is 0 Å². The van der Waals surface area contributed by atoms with Gasteiger partial charge in [-0.05, 0) is 12.8 Å². The second-order valence-corrected chi connectivity index (χ2v) is 2.77. The number of hydrogen-bond acceptors (Lipinski definition) is 1. The fraction of sp³-hybridized carbons (Fsp3) is 0.333. The Morgan fingerprint density at radius 2 is 1.50 bits per heavy atom. The van der Waals surface area contributed by atoms with E-state index in [4.69, 9.17) is 5.11 Å². The Hall–Kier alpha value is -1.10. The molecule has 1 aromatic rings. The summed E-state index contributed by atoms with van der Waals surface area (Å²) in [5.74, 6) is -5.62. The third kappa shape index (κ3) is 2.04. The summed E-state index contributed by atoms with van der Waals surface area (Å²) in [5, 5.41) is 8.42. The molecule has 1 N–H and O–H groups in total. The van der Waals surface area contributed by atoms with Crippen LogP contribution in [0.2, 0.25) is 0 Å². The molecule has 14 heavy (non-hydrogen) atoms. The lowest BCUT2D eigenvalue weighted by atomic mass is 10.1. The van der Waals surface area contributed by atoms with Gasteiger partial charge in [-0.25, -0.2) is 17.6 Å². The molecule has 1 rings (SSSR count). The van der Waals surface area contributed by atoms with Crippen LogP contribution in [0.5, 0.6) is 0 Å². The van der Waals surface area contributed by atoms with Crippen molar-refractivity contribution in [3.8, 4) is 0 Å². The molecule has 1 aromatic carbocycles. The molecule has 0 unspecified atom stereocenters. The second-order valence-electron chi connectivity index (χ2n) is 2.77. The zero-order valence-electron chi connectivity index (χ0n) is 7.16. The number of hydrogen-bond donors (Lipinski definition) is 1. The van der Waals surface area contributed by atoms with Gasteiger partial charge in [-0.15, -0.1) is 0 Å². The van der Waals surface area contributed by atoms with E-state index in [9.17, 15) is 17.6 Å². The fourth-order valence-corrected chi connectivity index (χ4v) is 1.10. The van der Waals surface area contributed by atoms with Crippen LogP contribution in [0.4, 0.5) is 17.6 Å². The lowest BCUT2D eigenvalue weighted by Crippen LogP contribution is -2.03. The minimum atomic E-state index is -1.42. The molecular formula is C9H8F4O. The van der Waals surface area contributed by atoms with E-state index in [1.807, 2.05) is 0 Å². The first-order chi connectivity index (χ1) is 6.57. The van der Waals surface area contributed by atoms with Crippen LogP contribution in [0.25, 0.3) is 0 Å². The van der Waals surface area contributed by atoms with Gasteiger partial charge in [0.1, 0.15) is 0 Å². The minimum absolute atomic E-state index is 0.0523. The van der Waals surface area contributed by atoms with E-state index in [2.05, 4.69) is 0 Å². The molecule has 5 heteroatoms. The molecule has 0 aromatic heterocycles. The summed E-state index contributed by atoms with van der Waals surface area (Å²) >= 11 is 0. The predicted molar refractivity (Wildman–Crippen MR) is 41.7 cm³/mol. The third-order valence-corrected chi connectivity index (χ3v) is 1.79. The molecule has 0 amide bonds. The quantitative estimate of drug-likeness (QED) is 0.596. The molecule has 78 valence electrons.